The summed E-state index contributed by atoms with van der Waals surface area (Å²) in [5.41, 5.74) is 3.00. The molecule has 0 aliphatic carbocycles. The standard InChI is InChI=1S/C16H18N2O/c1-11-7-16(13(3)19-11)12(2)18-10-15-6-4-5-14(8-15)9-17/h4-8,12,18H,10H2,1-3H3. The van der Waals surface area contributed by atoms with Crippen LogP contribution in [-0.2, 0) is 6.54 Å². The first kappa shape index (κ1) is 13.4. The molecule has 1 aromatic heterocycles. The number of nitriles is 1. The topological polar surface area (TPSA) is 49.0 Å². The Kier molecular flexibility index (Phi) is 4.03. The van der Waals surface area contributed by atoms with E-state index in [1.807, 2.05) is 38.1 Å². The predicted octanol–water partition coefficient (Wildman–Crippen LogP) is 3.62. The van der Waals surface area contributed by atoms with Crippen molar-refractivity contribution < 1.29 is 4.42 Å². The Balaban J connectivity index is 2.02. The summed E-state index contributed by atoms with van der Waals surface area (Å²) in [6, 6.07) is 12.1. The fraction of sp³-hybridized carbons (Fsp3) is 0.312. The second-order valence-electron chi connectivity index (χ2n) is 4.78. The molecule has 0 saturated carbocycles. The number of furan rings is 1. The van der Waals surface area contributed by atoms with E-state index in [2.05, 4.69) is 24.4 Å². The molecule has 1 aromatic carbocycles. The molecule has 1 heterocycles. The summed E-state index contributed by atoms with van der Waals surface area (Å²) in [6.07, 6.45) is 0. The Morgan fingerprint density at radius 2 is 2.11 bits per heavy atom. The number of hydrogen-bond donors (Lipinski definition) is 1. The monoisotopic (exact) mass is 254 g/mol. The van der Waals surface area contributed by atoms with Gasteiger partial charge in [0.2, 0.25) is 0 Å². The average Bonchev–Trinajstić information content (AvgIpc) is 2.75. The van der Waals surface area contributed by atoms with Crippen LogP contribution in [0.2, 0.25) is 0 Å². The summed E-state index contributed by atoms with van der Waals surface area (Å²) >= 11 is 0. The van der Waals surface area contributed by atoms with Crippen molar-refractivity contribution in [2.75, 3.05) is 0 Å². The molecule has 0 bridgehead atoms. The number of aryl methyl sites for hydroxylation is 2. The molecule has 98 valence electrons. The Morgan fingerprint density at radius 1 is 1.32 bits per heavy atom. The Labute approximate surface area is 113 Å². The lowest BCUT2D eigenvalue weighted by molar-refractivity contribution is 0.489. The highest BCUT2D eigenvalue weighted by atomic mass is 16.3. The van der Waals surface area contributed by atoms with Gasteiger partial charge in [0, 0.05) is 18.2 Å². The van der Waals surface area contributed by atoms with Crippen LogP contribution in [0, 0.1) is 25.2 Å². The van der Waals surface area contributed by atoms with Crippen LogP contribution >= 0.6 is 0 Å². The fourth-order valence-electron chi connectivity index (χ4n) is 2.21. The van der Waals surface area contributed by atoms with Crippen molar-refractivity contribution in [3.05, 3.63) is 58.5 Å². The van der Waals surface area contributed by atoms with Gasteiger partial charge < -0.3 is 9.73 Å². The van der Waals surface area contributed by atoms with Gasteiger partial charge in [-0.3, -0.25) is 0 Å². The molecule has 19 heavy (non-hydrogen) atoms. The molecule has 0 aliphatic heterocycles. The lowest BCUT2D eigenvalue weighted by Gasteiger charge is -2.13. The van der Waals surface area contributed by atoms with Gasteiger partial charge in [0.25, 0.3) is 0 Å². The van der Waals surface area contributed by atoms with E-state index >= 15 is 0 Å². The van der Waals surface area contributed by atoms with Crippen molar-refractivity contribution in [1.82, 2.24) is 5.32 Å². The molecule has 1 unspecified atom stereocenters. The zero-order valence-electron chi connectivity index (χ0n) is 11.5. The maximum Gasteiger partial charge on any atom is 0.105 e. The molecule has 2 aromatic rings. The Morgan fingerprint density at radius 3 is 2.74 bits per heavy atom. The fourth-order valence-corrected chi connectivity index (χ4v) is 2.21. The van der Waals surface area contributed by atoms with Gasteiger partial charge in [-0.1, -0.05) is 12.1 Å². The third-order valence-electron chi connectivity index (χ3n) is 3.21. The zero-order chi connectivity index (χ0) is 13.8. The van der Waals surface area contributed by atoms with E-state index < -0.39 is 0 Å². The molecule has 3 heteroatoms. The Hall–Kier alpha value is -2.05. The van der Waals surface area contributed by atoms with Crippen LogP contribution in [0.25, 0.3) is 0 Å². The molecule has 0 aliphatic rings. The molecule has 0 saturated heterocycles. The summed E-state index contributed by atoms with van der Waals surface area (Å²) in [4.78, 5) is 0. The van der Waals surface area contributed by atoms with Gasteiger partial charge in [-0.15, -0.1) is 0 Å². The largest absolute Gasteiger partial charge is 0.466 e. The van der Waals surface area contributed by atoms with Gasteiger partial charge in [-0.05, 0) is 44.5 Å². The molecule has 1 atom stereocenters. The minimum Gasteiger partial charge on any atom is -0.466 e. The highest BCUT2D eigenvalue weighted by molar-refractivity contribution is 5.33. The van der Waals surface area contributed by atoms with Gasteiger partial charge >= 0.3 is 0 Å². The van der Waals surface area contributed by atoms with Crippen LogP contribution in [0.4, 0.5) is 0 Å². The van der Waals surface area contributed by atoms with Crippen LogP contribution in [-0.4, -0.2) is 0 Å². The van der Waals surface area contributed by atoms with Crippen molar-refractivity contribution >= 4 is 0 Å². The summed E-state index contributed by atoms with van der Waals surface area (Å²) in [5.74, 6) is 1.90. The van der Waals surface area contributed by atoms with Crippen LogP contribution < -0.4 is 5.32 Å². The highest BCUT2D eigenvalue weighted by Crippen LogP contribution is 2.21. The van der Waals surface area contributed by atoms with Gasteiger partial charge in [0.15, 0.2) is 0 Å². The van der Waals surface area contributed by atoms with Crippen molar-refractivity contribution in [2.24, 2.45) is 0 Å². The number of hydrogen-bond acceptors (Lipinski definition) is 3. The van der Waals surface area contributed by atoms with E-state index in [9.17, 15) is 0 Å². The predicted molar refractivity (Wildman–Crippen MR) is 74.6 cm³/mol. The maximum atomic E-state index is 8.87. The normalized spacial score (nSPS) is 12.1. The molecule has 0 radical (unpaired) electrons. The third kappa shape index (κ3) is 3.24. The van der Waals surface area contributed by atoms with E-state index in [-0.39, 0.29) is 6.04 Å². The summed E-state index contributed by atoms with van der Waals surface area (Å²) in [6.45, 7) is 6.79. The zero-order valence-corrected chi connectivity index (χ0v) is 11.5. The lowest BCUT2D eigenvalue weighted by atomic mass is 10.1. The van der Waals surface area contributed by atoms with Crippen LogP contribution in [0.3, 0.4) is 0 Å². The average molecular weight is 254 g/mol. The molecule has 1 N–H and O–H groups in total. The first-order valence-corrected chi connectivity index (χ1v) is 6.39. The van der Waals surface area contributed by atoms with E-state index in [0.29, 0.717) is 5.56 Å². The SMILES string of the molecule is Cc1cc(C(C)NCc2cccc(C#N)c2)c(C)o1. The maximum absolute atomic E-state index is 8.87. The van der Waals surface area contributed by atoms with Gasteiger partial charge in [-0.2, -0.15) is 5.26 Å². The second-order valence-corrected chi connectivity index (χ2v) is 4.78. The molecule has 0 fully saturated rings. The quantitative estimate of drug-likeness (QED) is 0.906. The van der Waals surface area contributed by atoms with E-state index in [1.165, 1.54) is 5.56 Å². The van der Waals surface area contributed by atoms with E-state index in [0.717, 1.165) is 23.6 Å². The molecular formula is C16H18N2O. The minimum atomic E-state index is 0.225. The number of benzene rings is 1. The summed E-state index contributed by atoms with van der Waals surface area (Å²) in [5, 5.41) is 12.3. The first-order valence-electron chi connectivity index (χ1n) is 6.39. The lowest BCUT2D eigenvalue weighted by Crippen LogP contribution is -2.18. The van der Waals surface area contributed by atoms with Gasteiger partial charge in [-0.25, -0.2) is 0 Å². The van der Waals surface area contributed by atoms with Crippen LogP contribution in [0.1, 0.15) is 41.2 Å². The molecule has 3 nitrogen and oxygen atoms in total. The van der Waals surface area contributed by atoms with Crippen molar-refractivity contribution in [3.63, 3.8) is 0 Å². The highest BCUT2D eigenvalue weighted by Gasteiger charge is 2.12. The molecular weight excluding hydrogens is 236 g/mol. The smallest absolute Gasteiger partial charge is 0.105 e. The van der Waals surface area contributed by atoms with Crippen LogP contribution in [0.15, 0.2) is 34.7 Å². The van der Waals surface area contributed by atoms with E-state index in [4.69, 9.17) is 9.68 Å². The number of rotatable bonds is 4. The summed E-state index contributed by atoms with van der Waals surface area (Å²) in [7, 11) is 0. The van der Waals surface area contributed by atoms with Crippen molar-refractivity contribution in [2.45, 2.75) is 33.4 Å². The first-order chi connectivity index (χ1) is 9.10. The van der Waals surface area contributed by atoms with Crippen LogP contribution in [0.5, 0.6) is 0 Å². The van der Waals surface area contributed by atoms with Crippen molar-refractivity contribution in [1.29, 1.82) is 5.26 Å². The molecule has 0 spiro atoms. The van der Waals surface area contributed by atoms with Crippen molar-refractivity contribution in [3.8, 4) is 6.07 Å². The van der Waals surface area contributed by atoms with Gasteiger partial charge in [0.05, 0.1) is 11.6 Å². The molecule has 0 amide bonds. The Bertz CT molecular complexity index is 607. The number of nitrogens with zero attached hydrogens (tertiary/aromatic N) is 1. The van der Waals surface area contributed by atoms with E-state index in [1.54, 1.807) is 0 Å². The third-order valence-corrected chi connectivity index (χ3v) is 3.21. The number of nitrogens with one attached hydrogen (secondary N) is 1. The summed E-state index contributed by atoms with van der Waals surface area (Å²) < 4.78 is 5.54. The second kappa shape index (κ2) is 5.73. The molecule has 2 rings (SSSR count). The minimum absolute atomic E-state index is 0.225. The van der Waals surface area contributed by atoms with Gasteiger partial charge in [0.1, 0.15) is 11.5 Å².